The van der Waals surface area contributed by atoms with Crippen LogP contribution in [0.4, 0.5) is 0 Å². The van der Waals surface area contributed by atoms with Crippen LogP contribution >= 0.6 is 0 Å². The van der Waals surface area contributed by atoms with Gasteiger partial charge in [-0.25, -0.2) is 0 Å². The molecule has 1 saturated carbocycles. The van der Waals surface area contributed by atoms with Gasteiger partial charge in [0.25, 0.3) is 0 Å². The van der Waals surface area contributed by atoms with Crippen molar-refractivity contribution in [1.29, 1.82) is 0 Å². The molecule has 1 N–H and O–H groups in total. The Kier molecular flexibility index (Phi) is 2.52. The van der Waals surface area contributed by atoms with Crippen LogP contribution in [0.25, 0.3) is 0 Å². The Balaban J connectivity index is 1.95. The van der Waals surface area contributed by atoms with Crippen molar-refractivity contribution in [3.63, 3.8) is 0 Å². The van der Waals surface area contributed by atoms with Crippen molar-refractivity contribution >= 4 is 0 Å². The lowest BCUT2D eigenvalue weighted by molar-refractivity contribution is 0.501. The molecule has 0 saturated heterocycles. The molecule has 0 radical (unpaired) electrons. The third kappa shape index (κ3) is 2.85. The van der Waals surface area contributed by atoms with E-state index in [9.17, 15) is 0 Å². The predicted octanol–water partition coefficient (Wildman–Crippen LogP) is 1.78. The molecule has 1 aliphatic rings. The highest BCUT2D eigenvalue weighted by molar-refractivity contribution is 4.77. The minimum absolute atomic E-state index is 0.752. The van der Waals surface area contributed by atoms with Gasteiger partial charge in [0.05, 0.1) is 0 Å². The molecule has 1 rings (SSSR count). The molecule has 1 atom stereocenters. The van der Waals surface area contributed by atoms with E-state index in [1.54, 1.807) is 0 Å². The number of nitrogens with one attached hydrogen (secondary N) is 1. The molecular formula is C8H17N. The van der Waals surface area contributed by atoms with E-state index >= 15 is 0 Å². The summed E-state index contributed by atoms with van der Waals surface area (Å²) in [6.45, 7) is 5.57. The summed E-state index contributed by atoms with van der Waals surface area (Å²) in [6.07, 6.45) is 4.36. The van der Waals surface area contributed by atoms with Gasteiger partial charge in [-0.05, 0) is 25.8 Å². The lowest BCUT2D eigenvalue weighted by Gasteiger charge is -2.09. The van der Waals surface area contributed by atoms with Crippen LogP contribution in [0.1, 0.15) is 33.1 Å². The molecule has 0 amide bonds. The standard InChI is InChI=1S/C8H17N/c1-3-9-7(2)6-8-4-5-8/h7-9H,3-6H2,1-2H3. The number of rotatable bonds is 4. The van der Waals surface area contributed by atoms with Crippen LogP contribution in [-0.2, 0) is 0 Å². The second kappa shape index (κ2) is 3.21. The Bertz CT molecular complexity index is 76.6. The van der Waals surface area contributed by atoms with E-state index in [4.69, 9.17) is 0 Å². The average molecular weight is 127 g/mol. The summed E-state index contributed by atoms with van der Waals surface area (Å²) in [6, 6.07) is 0.752. The lowest BCUT2D eigenvalue weighted by atomic mass is 10.2. The second-order valence-electron chi connectivity index (χ2n) is 3.14. The van der Waals surface area contributed by atoms with Crippen molar-refractivity contribution in [3.05, 3.63) is 0 Å². The van der Waals surface area contributed by atoms with Crippen molar-refractivity contribution in [2.24, 2.45) is 5.92 Å². The van der Waals surface area contributed by atoms with Crippen molar-refractivity contribution in [1.82, 2.24) is 5.32 Å². The fraction of sp³-hybridized carbons (Fsp3) is 1.00. The lowest BCUT2D eigenvalue weighted by Crippen LogP contribution is -2.25. The maximum Gasteiger partial charge on any atom is 0.00412 e. The fourth-order valence-electron chi connectivity index (χ4n) is 1.29. The van der Waals surface area contributed by atoms with E-state index in [2.05, 4.69) is 19.2 Å². The first-order chi connectivity index (χ1) is 4.33. The van der Waals surface area contributed by atoms with E-state index in [1.807, 2.05) is 0 Å². The second-order valence-corrected chi connectivity index (χ2v) is 3.14. The summed E-state index contributed by atoms with van der Waals surface area (Å²) in [5.74, 6) is 1.07. The van der Waals surface area contributed by atoms with Gasteiger partial charge in [-0.1, -0.05) is 19.8 Å². The topological polar surface area (TPSA) is 12.0 Å². The Morgan fingerprint density at radius 2 is 2.22 bits per heavy atom. The van der Waals surface area contributed by atoms with Gasteiger partial charge in [-0.3, -0.25) is 0 Å². The summed E-state index contributed by atoms with van der Waals surface area (Å²) in [7, 11) is 0. The molecule has 1 fully saturated rings. The normalized spacial score (nSPS) is 22.0. The monoisotopic (exact) mass is 127 g/mol. The summed E-state index contributed by atoms with van der Waals surface area (Å²) >= 11 is 0. The van der Waals surface area contributed by atoms with Gasteiger partial charge >= 0.3 is 0 Å². The van der Waals surface area contributed by atoms with Crippen LogP contribution in [-0.4, -0.2) is 12.6 Å². The van der Waals surface area contributed by atoms with Crippen molar-refractivity contribution < 1.29 is 0 Å². The first-order valence-electron chi connectivity index (χ1n) is 4.06. The molecule has 0 aliphatic heterocycles. The Labute approximate surface area is 57.8 Å². The summed E-state index contributed by atoms with van der Waals surface area (Å²) < 4.78 is 0. The zero-order valence-corrected chi connectivity index (χ0v) is 6.48. The van der Waals surface area contributed by atoms with E-state index in [-0.39, 0.29) is 0 Å². The Morgan fingerprint density at radius 3 is 2.67 bits per heavy atom. The molecule has 0 aromatic rings. The summed E-state index contributed by atoms with van der Waals surface area (Å²) in [5, 5.41) is 3.42. The third-order valence-electron chi connectivity index (χ3n) is 1.94. The van der Waals surface area contributed by atoms with Crippen LogP contribution in [0.5, 0.6) is 0 Å². The fourth-order valence-corrected chi connectivity index (χ4v) is 1.29. The molecule has 54 valence electrons. The molecular weight excluding hydrogens is 110 g/mol. The van der Waals surface area contributed by atoms with Crippen molar-refractivity contribution in [2.75, 3.05) is 6.54 Å². The van der Waals surface area contributed by atoms with Gasteiger partial charge in [-0.15, -0.1) is 0 Å². The smallest absolute Gasteiger partial charge is 0.00412 e. The molecule has 1 unspecified atom stereocenters. The van der Waals surface area contributed by atoms with Crippen LogP contribution in [0, 0.1) is 5.92 Å². The minimum atomic E-state index is 0.752. The predicted molar refractivity (Wildman–Crippen MR) is 40.5 cm³/mol. The Morgan fingerprint density at radius 1 is 1.56 bits per heavy atom. The molecule has 0 aromatic heterocycles. The van der Waals surface area contributed by atoms with Gasteiger partial charge in [0.15, 0.2) is 0 Å². The molecule has 1 aliphatic carbocycles. The molecule has 0 bridgehead atoms. The number of hydrogen-bond donors (Lipinski definition) is 1. The highest BCUT2D eigenvalue weighted by Crippen LogP contribution is 2.33. The van der Waals surface area contributed by atoms with Crippen LogP contribution in [0.3, 0.4) is 0 Å². The van der Waals surface area contributed by atoms with Gasteiger partial charge in [-0.2, -0.15) is 0 Å². The maximum absolute atomic E-state index is 3.42. The minimum Gasteiger partial charge on any atom is -0.315 e. The van der Waals surface area contributed by atoms with E-state index in [1.165, 1.54) is 19.3 Å². The van der Waals surface area contributed by atoms with E-state index < -0.39 is 0 Å². The summed E-state index contributed by atoms with van der Waals surface area (Å²) in [5.41, 5.74) is 0. The first kappa shape index (κ1) is 7.07. The zero-order valence-electron chi connectivity index (χ0n) is 6.48. The van der Waals surface area contributed by atoms with Crippen molar-refractivity contribution in [2.45, 2.75) is 39.2 Å². The van der Waals surface area contributed by atoms with Crippen LogP contribution in [0.2, 0.25) is 0 Å². The first-order valence-corrected chi connectivity index (χ1v) is 4.06. The van der Waals surface area contributed by atoms with E-state index in [0.717, 1.165) is 18.5 Å². The van der Waals surface area contributed by atoms with Crippen LogP contribution < -0.4 is 5.32 Å². The quantitative estimate of drug-likeness (QED) is 0.607. The van der Waals surface area contributed by atoms with Gasteiger partial charge in [0.2, 0.25) is 0 Å². The van der Waals surface area contributed by atoms with Gasteiger partial charge < -0.3 is 5.32 Å². The third-order valence-corrected chi connectivity index (χ3v) is 1.94. The highest BCUT2D eigenvalue weighted by Gasteiger charge is 2.22. The van der Waals surface area contributed by atoms with Crippen molar-refractivity contribution in [3.8, 4) is 0 Å². The molecule has 1 nitrogen and oxygen atoms in total. The molecule has 0 spiro atoms. The molecule has 1 heteroatoms. The highest BCUT2D eigenvalue weighted by atomic mass is 14.9. The van der Waals surface area contributed by atoms with Gasteiger partial charge in [0.1, 0.15) is 0 Å². The van der Waals surface area contributed by atoms with Gasteiger partial charge in [0, 0.05) is 6.04 Å². The SMILES string of the molecule is CCNC(C)CC1CC1. The zero-order chi connectivity index (χ0) is 6.69. The average Bonchev–Trinajstić information content (AvgIpc) is 2.50. The molecule has 0 aromatic carbocycles. The molecule has 0 heterocycles. The van der Waals surface area contributed by atoms with Crippen LogP contribution in [0.15, 0.2) is 0 Å². The maximum atomic E-state index is 3.42. The molecule has 9 heavy (non-hydrogen) atoms. The van der Waals surface area contributed by atoms with E-state index in [0.29, 0.717) is 0 Å². The largest absolute Gasteiger partial charge is 0.315 e. The number of hydrogen-bond acceptors (Lipinski definition) is 1. The summed E-state index contributed by atoms with van der Waals surface area (Å²) in [4.78, 5) is 0. The Hall–Kier alpha value is -0.0400.